The zero-order valence-corrected chi connectivity index (χ0v) is 19.4. The molecule has 0 radical (unpaired) electrons. The van der Waals surface area contributed by atoms with E-state index in [4.69, 9.17) is 4.42 Å². The van der Waals surface area contributed by atoms with E-state index in [0.29, 0.717) is 22.8 Å². The largest absolute Gasteiger partial charge is 0.460 e. The Balaban J connectivity index is 1.59. The molecule has 1 atom stereocenters. The number of carbonyl (C=O) groups is 1. The molecule has 8 heteroatoms. The van der Waals surface area contributed by atoms with Gasteiger partial charge in [-0.1, -0.05) is 17.8 Å². The average molecular weight is 451 g/mol. The minimum Gasteiger partial charge on any atom is -0.460 e. The van der Waals surface area contributed by atoms with Crippen molar-refractivity contribution in [3.63, 3.8) is 0 Å². The first-order chi connectivity index (χ1) is 14.9. The van der Waals surface area contributed by atoms with Crippen molar-refractivity contribution in [2.45, 2.75) is 45.2 Å². The van der Waals surface area contributed by atoms with Crippen LogP contribution in [0.15, 0.2) is 44.2 Å². The first kappa shape index (κ1) is 21.3. The molecule has 0 N–H and O–H groups in total. The highest BCUT2D eigenvalue weighted by Gasteiger charge is 2.34. The molecule has 0 aliphatic carbocycles. The fourth-order valence-corrected chi connectivity index (χ4v) is 5.27. The number of hydrogen-bond acceptors (Lipinski definition) is 7. The van der Waals surface area contributed by atoms with Crippen LogP contribution in [0.3, 0.4) is 0 Å². The van der Waals surface area contributed by atoms with E-state index in [1.807, 2.05) is 57.3 Å². The molecule has 1 unspecified atom stereocenters. The van der Waals surface area contributed by atoms with Crippen molar-refractivity contribution in [3.8, 4) is 6.07 Å². The molecule has 0 fully saturated rings. The van der Waals surface area contributed by atoms with Crippen LogP contribution in [0.5, 0.6) is 0 Å². The van der Waals surface area contributed by atoms with E-state index in [-0.39, 0.29) is 17.7 Å². The van der Waals surface area contributed by atoms with Gasteiger partial charge in [0.1, 0.15) is 28.3 Å². The zero-order chi connectivity index (χ0) is 22.1. The van der Waals surface area contributed by atoms with Crippen molar-refractivity contribution in [3.05, 3.63) is 68.4 Å². The third-order valence-electron chi connectivity index (χ3n) is 5.47. The normalized spacial score (nSPS) is 15.8. The lowest BCUT2D eigenvalue weighted by Crippen LogP contribution is -2.28. The Bertz CT molecular complexity index is 1210. The minimum absolute atomic E-state index is 0.122. The fourth-order valence-electron chi connectivity index (χ4n) is 3.52. The second-order valence-corrected chi connectivity index (χ2v) is 9.40. The van der Waals surface area contributed by atoms with Crippen molar-refractivity contribution in [1.29, 1.82) is 5.26 Å². The van der Waals surface area contributed by atoms with Gasteiger partial charge < -0.3 is 4.42 Å². The van der Waals surface area contributed by atoms with Gasteiger partial charge in [-0.2, -0.15) is 10.4 Å². The quantitative estimate of drug-likeness (QED) is 0.492. The second-order valence-electron chi connectivity index (χ2n) is 7.46. The number of hydrogen-bond donors (Lipinski definition) is 0. The van der Waals surface area contributed by atoms with E-state index < -0.39 is 0 Å². The van der Waals surface area contributed by atoms with Gasteiger partial charge in [0.15, 0.2) is 0 Å². The van der Waals surface area contributed by atoms with E-state index in [1.165, 1.54) is 11.8 Å². The summed E-state index contributed by atoms with van der Waals surface area (Å²) in [5, 5.41) is 18.4. The summed E-state index contributed by atoms with van der Waals surface area (Å²) in [4.78, 5) is 18.8. The Morgan fingerprint density at radius 2 is 2.10 bits per heavy atom. The fraction of sp³-hybridized carbons (Fsp3) is 0.304. The molecule has 3 aromatic rings. The predicted octanol–water partition coefficient (Wildman–Crippen LogP) is 5.31. The zero-order valence-electron chi connectivity index (χ0n) is 17.8. The van der Waals surface area contributed by atoms with Gasteiger partial charge in [0, 0.05) is 17.0 Å². The number of thioether (sulfide) groups is 1. The number of aryl methyl sites for hydroxylation is 2. The Morgan fingerprint density at radius 1 is 1.29 bits per heavy atom. The number of furan rings is 1. The third-order valence-corrected chi connectivity index (χ3v) is 7.40. The number of carbonyl (C=O) groups excluding carboxylic acids is 1. The third kappa shape index (κ3) is 4.16. The molecule has 1 aliphatic rings. The molecule has 0 bridgehead atoms. The Kier molecular flexibility index (Phi) is 5.99. The molecule has 1 amide bonds. The Hall–Kier alpha value is -2.89. The first-order valence-corrected chi connectivity index (χ1v) is 11.8. The van der Waals surface area contributed by atoms with Gasteiger partial charge in [-0.15, -0.1) is 11.3 Å². The maximum atomic E-state index is 13.2. The smallest absolute Gasteiger partial charge is 0.253 e. The van der Waals surface area contributed by atoms with E-state index in [0.717, 1.165) is 33.2 Å². The van der Waals surface area contributed by atoms with E-state index in [2.05, 4.69) is 16.2 Å². The van der Waals surface area contributed by atoms with Crippen LogP contribution in [0.4, 0.5) is 0 Å². The van der Waals surface area contributed by atoms with Crippen LogP contribution < -0.4 is 0 Å². The molecular weight excluding hydrogens is 428 g/mol. The Labute approximate surface area is 189 Å². The highest BCUT2D eigenvalue weighted by Crippen LogP contribution is 2.36. The number of hydrazone groups is 1. The lowest BCUT2D eigenvalue weighted by atomic mass is 10.1. The van der Waals surface area contributed by atoms with Crippen molar-refractivity contribution in [1.82, 2.24) is 9.99 Å². The van der Waals surface area contributed by atoms with Gasteiger partial charge in [-0.25, -0.2) is 9.99 Å². The van der Waals surface area contributed by atoms with Gasteiger partial charge in [0.2, 0.25) is 0 Å². The highest BCUT2D eigenvalue weighted by molar-refractivity contribution is 8.00. The molecule has 1 aliphatic heterocycles. The molecule has 6 nitrogen and oxygen atoms in total. The Morgan fingerprint density at radius 3 is 2.74 bits per heavy atom. The molecule has 31 heavy (non-hydrogen) atoms. The van der Waals surface area contributed by atoms with E-state index >= 15 is 0 Å². The van der Waals surface area contributed by atoms with Crippen molar-refractivity contribution < 1.29 is 9.21 Å². The number of thiophene rings is 1. The summed E-state index contributed by atoms with van der Waals surface area (Å²) >= 11 is 2.90. The molecule has 0 spiro atoms. The second kappa shape index (κ2) is 8.69. The van der Waals surface area contributed by atoms with Crippen LogP contribution in [-0.2, 0) is 4.79 Å². The average Bonchev–Trinajstić information content (AvgIpc) is 3.50. The summed E-state index contributed by atoms with van der Waals surface area (Å²) in [7, 11) is 0. The maximum absolute atomic E-state index is 13.2. The van der Waals surface area contributed by atoms with Gasteiger partial charge in [-0.3, -0.25) is 4.79 Å². The van der Waals surface area contributed by atoms with Crippen LogP contribution in [0, 0.1) is 39.0 Å². The van der Waals surface area contributed by atoms with E-state index in [9.17, 15) is 10.1 Å². The molecule has 158 valence electrons. The first-order valence-electron chi connectivity index (χ1n) is 9.89. The van der Waals surface area contributed by atoms with Crippen molar-refractivity contribution in [2.75, 3.05) is 5.75 Å². The summed E-state index contributed by atoms with van der Waals surface area (Å²) in [6.07, 6.45) is 0.605. The number of pyridine rings is 1. The molecule has 3 aromatic heterocycles. The van der Waals surface area contributed by atoms with Crippen LogP contribution >= 0.6 is 23.1 Å². The van der Waals surface area contributed by atoms with Crippen LogP contribution in [0.1, 0.15) is 51.2 Å². The van der Waals surface area contributed by atoms with Gasteiger partial charge in [-0.05, 0) is 62.4 Å². The standard InChI is InChI=1S/C23H22N4O2S2/c1-13-7-8-20(29-13)18-10-19(21-6-5-9-30-21)27(26-18)22(28)12-31-23-17(11-24)15(3)14(2)16(4)25-23/h5-9,19H,10,12H2,1-4H3. The molecule has 0 saturated carbocycles. The van der Waals surface area contributed by atoms with Gasteiger partial charge >= 0.3 is 0 Å². The number of aromatic nitrogens is 1. The van der Waals surface area contributed by atoms with Gasteiger partial charge in [0.25, 0.3) is 5.91 Å². The molecule has 4 rings (SSSR count). The minimum atomic E-state index is -0.154. The SMILES string of the molecule is Cc1ccc(C2=NN(C(=O)CSc3nc(C)c(C)c(C)c3C#N)C(c3cccs3)C2)o1. The number of nitrogens with zero attached hydrogens (tertiary/aromatic N) is 4. The van der Waals surface area contributed by atoms with Crippen molar-refractivity contribution in [2.24, 2.45) is 5.10 Å². The number of nitriles is 1. The molecule has 0 aromatic carbocycles. The predicted molar refractivity (Wildman–Crippen MR) is 122 cm³/mol. The molecular formula is C23H22N4O2S2. The lowest BCUT2D eigenvalue weighted by Gasteiger charge is -2.20. The number of rotatable bonds is 5. The lowest BCUT2D eigenvalue weighted by molar-refractivity contribution is -0.130. The monoisotopic (exact) mass is 450 g/mol. The van der Waals surface area contributed by atoms with E-state index in [1.54, 1.807) is 16.3 Å². The maximum Gasteiger partial charge on any atom is 0.253 e. The van der Waals surface area contributed by atoms with Gasteiger partial charge in [0.05, 0.1) is 17.4 Å². The van der Waals surface area contributed by atoms with Crippen molar-refractivity contribution >= 4 is 34.7 Å². The topological polar surface area (TPSA) is 82.5 Å². The number of amides is 1. The summed E-state index contributed by atoms with van der Waals surface area (Å²) in [6.45, 7) is 7.69. The highest BCUT2D eigenvalue weighted by atomic mass is 32.2. The van der Waals surface area contributed by atoms with Crippen LogP contribution in [0.2, 0.25) is 0 Å². The molecule has 0 saturated heterocycles. The summed E-state index contributed by atoms with van der Waals surface area (Å²) in [6, 6.07) is 9.88. The summed E-state index contributed by atoms with van der Waals surface area (Å²) < 4.78 is 5.74. The molecule has 4 heterocycles. The summed E-state index contributed by atoms with van der Waals surface area (Å²) in [5.41, 5.74) is 4.09. The van der Waals surface area contributed by atoms with Crippen LogP contribution in [0.25, 0.3) is 0 Å². The van der Waals surface area contributed by atoms with Crippen LogP contribution in [-0.4, -0.2) is 27.4 Å². The summed E-state index contributed by atoms with van der Waals surface area (Å²) in [5.74, 6) is 1.54.